The van der Waals surface area contributed by atoms with Gasteiger partial charge in [-0.2, -0.15) is 23.4 Å². The van der Waals surface area contributed by atoms with Gasteiger partial charge in [0.15, 0.2) is 0 Å². The summed E-state index contributed by atoms with van der Waals surface area (Å²) in [5.41, 5.74) is 2.87. The zero-order valence-corrected chi connectivity index (χ0v) is 20.7. The SMILES string of the molecule is CC=Cc1ccc(Nc2nc(NCc3ccccc3)nc(Nc3ccccc3)n2)cc1S(=O)(=O)OC. The molecule has 1 heterocycles. The van der Waals surface area contributed by atoms with Gasteiger partial charge in [0.1, 0.15) is 4.90 Å². The molecule has 10 heteroatoms. The molecule has 1 aromatic heterocycles. The molecule has 184 valence electrons. The highest BCUT2D eigenvalue weighted by atomic mass is 32.2. The topological polar surface area (TPSA) is 118 Å². The maximum atomic E-state index is 12.5. The Kier molecular flexibility index (Phi) is 7.89. The standard InChI is InChI=1S/C26H26N6O3S/c1-3-10-20-15-16-22(17-23(20)36(33,34)35-2)29-26-31-24(27-18-19-11-6-4-7-12-19)30-25(32-26)28-21-13-8-5-9-14-21/h3-17H,18H2,1-2H3,(H3,27,28,29,30,31,32). The van der Waals surface area contributed by atoms with Gasteiger partial charge in [0.05, 0.1) is 7.11 Å². The first kappa shape index (κ1) is 24.8. The number of rotatable bonds is 10. The van der Waals surface area contributed by atoms with E-state index in [9.17, 15) is 8.42 Å². The highest BCUT2D eigenvalue weighted by molar-refractivity contribution is 7.86. The molecule has 0 saturated carbocycles. The Balaban J connectivity index is 1.66. The highest BCUT2D eigenvalue weighted by Gasteiger charge is 2.18. The first-order valence-electron chi connectivity index (χ1n) is 11.2. The molecule has 0 aliphatic rings. The average Bonchev–Trinajstić information content (AvgIpc) is 2.89. The van der Waals surface area contributed by atoms with Crippen LogP contribution in [0.2, 0.25) is 0 Å². The predicted molar refractivity (Wildman–Crippen MR) is 142 cm³/mol. The van der Waals surface area contributed by atoms with Crippen LogP contribution in [0.5, 0.6) is 0 Å². The molecule has 0 saturated heterocycles. The van der Waals surface area contributed by atoms with Crippen molar-refractivity contribution in [1.29, 1.82) is 0 Å². The summed E-state index contributed by atoms with van der Waals surface area (Å²) in [7, 11) is -2.80. The van der Waals surface area contributed by atoms with Crippen molar-refractivity contribution < 1.29 is 12.6 Å². The van der Waals surface area contributed by atoms with Crippen molar-refractivity contribution >= 4 is 45.4 Å². The fourth-order valence-corrected chi connectivity index (χ4v) is 4.23. The van der Waals surface area contributed by atoms with Crippen LogP contribution in [-0.2, 0) is 20.8 Å². The molecular formula is C26H26N6O3S. The summed E-state index contributed by atoms with van der Waals surface area (Å²) < 4.78 is 29.7. The molecule has 0 fully saturated rings. The lowest BCUT2D eigenvalue weighted by Gasteiger charge is -2.13. The van der Waals surface area contributed by atoms with Crippen LogP contribution in [0.25, 0.3) is 6.08 Å². The maximum absolute atomic E-state index is 12.5. The van der Waals surface area contributed by atoms with Crippen LogP contribution in [0.3, 0.4) is 0 Å². The maximum Gasteiger partial charge on any atom is 0.297 e. The molecule has 4 aromatic rings. The number of hydrogen-bond donors (Lipinski definition) is 3. The molecule has 0 amide bonds. The number of anilines is 5. The van der Waals surface area contributed by atoms with Crippen LogP contribution in [0, 0.1) is 0 Å². The molecule has 0 aliphatic heterocycles. The highest BCUT2D eigenvalue weighted by Crippen LogP contribution is 2.26. The first-order valence-corrected chi connectivity index (χ1v) is 12.6. The van der Waals surface area contributed by atoms with Crippen molar-refractivity contribution in [2.24, 2.45) is 0 Å². The molecule has 0 radical (unpaired) electrons. The van der Waals surface area contributed by atoms with E-state index in [2.05, 4.69) is 30.9 Å². The van der Waals surface area contributed by atoms with Crippen molar-refractivity contribution in [3.63, 3.8) is 0 Å². The second-order valence-corrected chi connectivity index (χ2v) is 9.32. The van der Waals surface area contributed by atoms with Crippen molar-refractivity contribution in [1.82, 2.24) is 15.0 Å². The van der Waals surface area contributed by atoms with Gasteiger partial charge in [-0.15, -0.1) is 0 Å². The Morgan fingerprint density at radius 3 is 2.06 bits per heavy atom. The monoisotopic (exact) mass is 502 g/mol. The van der Waals surface area contributed by atoms with E-state index < -0.39 is 10.1 Å². The number of para-hydroxylation sites is 1. The lowest BCUT2D eigenvalue weighted by molar-refractivity contribution is 0.397. The summed E-state index contributed by atoms with van der Waals surface area (Å²) in [4.78, 5) is 13.5. The van der Waals surface area contributed by atoms with Gasteiger partial charge in [0.2, 0.25) is 17.8 Å². The van der Waals surface area contributed by atoms with Gasteiger partial charge in [0, 0.05) is 17.9 Å². The Bertz CT molecular complexity index is 1450. The number of hydrogen-bond acceptors (Lipinski definition) is 9. The van der Waals surface area contributed by atoms with E-state index in [1.165, 1.54) is 6.07 Å². The molecule has 3 aromatic carbocycles. The lowest BCUT2D eigenvalue weighted by atomic mass is 10.2. The van der Waals surface area contributed by atoms with Crippen molar-refractivity contribution in [3.8, 4) is 0 Å². The molecule has 0 unspecified atom stereocenters. The van der Waals surface area contributed by atoms with Gasteiger partial charge < -0.3 is 16.0 Å². The number of aromatic nitrogens is 3. The Morgan fingerprint density at radius 2 is 1.42 bits per heavy atom. The Labute approximate surface area is 210 Å². The van der Waals surface area contributed by atoms with E-state index in [4.69, 9.17) is 4.18 Å². The zero-order chi connectivity index (χ0) is 25.4. The molecule has 36 heavy (non-hydrogen) atoms. The van der Waals surface area contributed by atoms with Crippen LogP contribution in [-0.4, -0.2) is 30.5 Å². The molecule has 0 spiro atoms. The smallest absolute Gasteiger partial charge is 0.297 e. The van der Waals surface area contributed by atoms with E-state index in [-0.39, 0.29) is 10.8 Å². The normalized spacial score (nSPS) is 11.4. The zero-order valence-electron chi connectivity index (χ0n) is 19.8. The summed E-state index contributed by atoms with van der Waals surface area (Å²) in [6.45, 7) is 2.33. The molecule has 3 N–H and O–H groups in total. The largest absolute Gasteiger partial charge is 0.350 e. The van der Waals surface area contributed by atoms with E-state index >= 15 is 0 Å². The molecule has 4 rings (SSSR count). The van der Waals surface area contributed by atoms with Crippen LogP contribution in [0.15, 0.2) is 89.8 Å². The quantitative estimate of drug-likeness (QED) is 0.247. The van der Waals surface area contributed by atoms with E-state index in [0.29, 0.717) is 29.7 Å². The fourth-order valence-electron chi connectivity index (χ4n) is 3.36. The van der Waals surface area contributed by atoms with Crippen molar-refractivity contribution in [2.75, 3.05) is 23.1 Å². The van der Waals surface area contributed by atoms with Crippen LogP contribution < -0.4 is 16.0 Å². The second kappa shape index (κ2) is 11.4. The van der Waals surface area contributed by atoms with Gasteiger partial charge in [-0.05, 0) is 42.3 Å². The van der Waals surface area contributed by atoms with Gasteiger partial charge in [-0.3, -0.25) is 4.18 Å². The second-order valence-electron chi connectivity index (χ2n) is 7.63. The minimum Gasteiger partial charge on any atom is -0.350 e. The summed E-state index contributed by atoms with van der Waals surface area (Å²) in [5.74, 6) is 0.910. The third kappa shape index (κ3) is 6.44. The molecule has 0 bridgehead atoms. The van der Waals surface area contributed by atoms with Crippen LogP contribution >= 0.6 is 0 Å². The van der Waals surface area contributed by atoms with E-state index in [1.54, 1.807) is 24.3 Å². The van der Waals surface area contributed by atoms with Gasteiger partial charge in [0.25, 0.3) is 10.1 Å². The fraction of sp³-hybridized carbons (Fsp3) is 0.115. The average molecular weight is 503 g/mol. The number of benzene rings is 3. The molecule has 9 nitrogen and oxygen atoms in total. The molecule has 0 atom stereocenters. The summed E-state index contributed by atoms with van der Waals surface area (Å²) >= 11 is 0. The summed E-state index contributed by atoms with van der Waals surface area (Å²) in [6, 6.07) is 24.3. The van der Waals surface area contributed by atoms with Crippen molar-refractivity contribution in [2.45, 2.75) is 18.4 Å². The minimum atomic E-state index is -3.93. The number of nitrogens with one attached hydrogen (secondary N) is 3. The van der Waals surface area contributed by atoms with Gasteiger partial charge in [-0.25, -0.2) is 0 Å². The first-order chi connectivity index (χ1) is 17.5. The predicted octanol–water partition coefficient (Wildman–Crippen LogP) is 5.34. The van der Waals surface area contributed by atoms with E-state index in [1.807, 2.05) is 67.6 Å². The Hall–Kier alpha value is -4.28. The van der Waals surface area contributed by atoms with Crippen molar-refractivity contribution in [3.05, 3.63) is 96.1 Å². The minimum absolute atomic E-state index is 0.0345. The van der Waals surface area contributed by atoms with E-state index in [0.717, 1.165) is 18.4 Å². The third-order valence-corrected chi connectivity index (χ3v) is 6.39. The van der Waals surface area contributed by atoms with Crippen LogP contribution in [0.4, 0.5) is 29.2 Å². The summed E-state index contributed by atoms with van der Waals surface area (Å²) in [6.07, 6.45) is 3.46. The number of nitrogens with zero attached hydrogens (tertiary/aromatic N) is 3. The number of allylic oxidation sites excluding steroid dienone is 1. The summed E-state index contributed by atoms with van der Waals surface area (Å²) in [5, 5.41) is 9.48. The third-order valence-electron chi connectivity index (χ3n) is 5.06. The molecular weight excluding hydrogens is 476 g/mol. The lowest BCUT2D eigenvalue weighted by Crippen LogP contribution is -2.10. The Morgan fingerprint density at radius 1 is 0.806 bits per heavy atom. The molecule has 0 aliphatic carbocycles. The van der Waals surface area contributed by atoms with Gasteiger partial charge >= 0.3 is 0 Å². The van der Waals surface area contributed by atoms with Crippen LogP contribution in [0.1, 0.15) is 18.1 Å². The van der Waals surface area contributed by atoms with Gasteiger partial charge in [-0.1, -0.05) is 66.7 Å².